The average molecular weight is 753 g/mol. The lowest BCUT2D eigenvalue weighted by molar-refractivity contribution is -0.133. The van der Waals surface area contributed by atoms with Crippen LogP contribution >= 0.6 is 0 Å². The maximum absolute atomic E-state index is 15.6. The molecule has 2 amide bonds. The molecule has 2 saturated heterocycles. The number of anilines is 1. The fourth-order valence-corrected chi connectivity index (χ4v) is 7.64. The van der Waals surface area contributed by atoms with E-state index in [-0.39, 0.29) is 40.6 Å². The molecule has 1 spiro atoms. The number of benzene rings is 1. The van der Waals surface area contributed by atoms with E-state index in [2.05, 4.69) is 63.0 Å². The van der Waals surface area contributed by atoms with E-state index in [4.69, 9.17) is 14.2 Å². The third-order valence-electron chi connectivity index (χ3n) is 10.7. The van der Waals surface area contributed by atoms with Crippen LogP contribution in [0, 0.1) is 17.2 Å². The summed E-state index contributed by atoms with van der Waals surface area (Å²) in [5.41, 5.74) is -0.235. The van der Waals surface area contributed by atoms with Crippen LogP contribution in [0.4, 0.5) is 10.2 Å². The zero-order chi connectivity index (χ0) is 39.3. The van der Waals surface area contributed by atoms with Gasteiger partial charge in [-0.3, -0.25) is 14.5 Å². The number of carbonyl (C=O) groups excluding carboxylic acids is 4. The molecule has 3 aliphatic heterocycles. The van der Waals surface area contributed by atoms with Crippen molar-refractivity contribution in [2.75, 3.05) is 58.3 Å². The minimum absolute atomic E-state index is 0.0233. The second-order valence-corrected chi connectivity index (χ2v) is 15.2. The third kappa shape index (κ3) is 8.97. The number of hydrogen-bond donors (Lipinski definition) is 1. The first-order chi connectivity index (χ1) is 25.7. The largest absolute Gasteiger partial charge is 0.430 e. The topological polar surface area (TPSA) is 160 Å². The fourth-order valence-electron chi connectivity index (χ4n) is 7.64. The van der Waals surface area contributed by atoms with Gasteiger partial charge in [-0.25, -0.2) is 19.0 Å². The molecule has 1 aromatic heterocycles. The van der Waals surface area contributed by atoms with Gasteiger partial charge in [-0.05, 0) is 72.5 Å². The van der Waals surface area contributed by atoms with Crippen molar-refractivity contribution < 1.29 is 37.8 Å². The number of likely N-dealkylation sites (tertiary alicyclic amines) is 1. The molecule has 15 nitrogen and oxygen atoms in total. The number of nitrogens with zero attached hydrogens (tertiary/aromatic N) is 7. The van der Waals surface area contributed by atoms with Gasteiger partial charge in [-0.1, -0.05) is 13.8 Å². The molecule has 4 heterocycles. The first-order valence-corrected chi connectivity index (χ1v) is 18.7. The molecule has 2 fully saturated rings. The lowest BCUT2D eigenvalue weighted by Gasteiger charge is -2.53. The lowest BCUT2D eigenvalue weighted by atomic mass is 9.76. The van der Waals surface area contributed by atoms with Crippen molar-refractivity contribution >= 4 is 29.6 Å². The maximum Gasteiger partial charge on any atom is 0.336 e. The number of esters is 2. The van der Waals surface area contributed by atoms with Crippen molar-refractivity contribution in [3.63, 3.8) is 0 Å². The molecule has 2 aromatic rings. The monoisotopic (exact) mass is 752 g/mol. The lowest BCUT2D eigenvalue weighted by Crippen LogP contribution is -2.62. The zero-order valence-corrected chi connectivity index (χ0v) is 32.6. The van der Waals surface area contributed by atoms with Crippen LogP contribution in [0.1, 0.15) is 77.6 Å². The average Bonchev–Trinajstić information content (AvgIpc) is 3.56. The van der Waals surface area contributed by atoms with E-state index >= 15 is 4.39 Å². The Kier molecular flexibility index (Phi) is 12.9. The summed E-state index contributed by atoms with van der Waals surface area (Å²) in [5, 5.41) is 10.8. The number of rotatable bonds is 15. The van der Waals surface area contributed by atoms with E-state index in [0.29, 0.717) is 43.8 Å². The first-order valence-electron chi connectivity index (χ1n) is 18.7. The Morgan fingerprint density at radius 3 is 2.39 bits per heavy atom. The Morgan fingerprint density at radius 1 is 1.07 bits per heavy atom. The van der Waals surface area contributed by atoms with E-state index in [1.54, 1.807) is 14.0 Å². The summed E-state index contributed by atoms with van der Waals surface area (Å²) in [6.07, 6.45) is 6.41. The van der Waals surface area contributed by atoms with Crippen LogP contribution in [-0.4, -0.2) is 125 Å². The molecule has 5 rings (SSSR count). The summed E-state index contributed by atoms with van der Waals surface area (Å²) in [6, 6.07) is 1.22. The summed E-state index contributed by atoms with van der Waals surface area (Å²) in [7, 11) is 3.73. The number of ether oxygens (including phenoxy) is 3. The predicted octanol–water partition coefficient (Wildman–Crippen LogP) is 3.83. The highest BCUT2D eigenvalue weighted by molar-refractivity contribution is 6.01. The Hall–Kier alpha value is -4.70. The molecule has 3 aliphatic rings. The van der Waals surface area contributed by atoms with Crippen molar-refractivity contribution in [3.05, 3.63) is 35.9 Å². The van der Waals surface area contributed by atoms with Gasteiger partial charge in [0.15, 0.2) is 17.4 Å². The SMILES string of the molecule is CCN(C(=O)c1cc(F)c2c(c1Oc1nncnc1N1CCC3(C1)CN([C@H](CCCN(C)[C@H](C)CC(=O)NC)C(C)C)C3)OC(=O)/C=C/C(=O)O2)C(C)C. The quantitative estimate of drug-likeness (QED) is 0.207. The Bertz CT molecular complexity index is 1750. The Balaban J connectivity index is 1.35. The fraction of sp³-hybridized carbons (Fsp3) is 0.605. The molecule has 294 valence electrons. The highest BCUT2D eigenvalue weighted by Crippen LogP contribution is 2.48. The van der Waals surface area contributed by atoms with Crippen molar-refractivity contribution in [1.82, 2.24) is 35.2 Å². The normalized spacial score (nSPS) is 18.4. The van der Waals surface area contributed by atoms with E-state index in [0.717, 1.165) is 57.1 Å². The molecule has 1 N–H and O–H groups in total. The molecule has 0 unspecified atom stereocenters. The molecule has 16 heteroatoms. The first kappa shape index (κ1) is 40.5. The number of hydrogen-bond acceptors (Lipinski definition) is 13. The third-order valence-corrected chi connectivity index (χ3v) is 10.7. The van der Waals surface area contributed by atoms with Gasteiger partial charge in [-0.15, -0.1) is 10.2 Å². The van der Waals surface area contributed by atoms with E-state index in [9.17, 15) is 19.2 Å². The van der Waals surface area contributed by atoms with Gasteiger partial charge in [-0.2, -0.15) is 0 Å². The smallest absolute Gasteiger partial charge is 0.336 e. The van der Waals surface area contributed by atoms with Crippen LogP contribution in [0.5, 0.6) is 23.1 Å². The van der Waals surface area contributed by atoms with Crippen LogP contribution in [-0.2, 0) is 14.4 Å². The van der Waals surface area contributed by atoms with Crippen molar-refractivity contribution in [1.29, 1.82) is 0 Å². The Morgan fingerprint density at radius 2 is 1.76 bits per heavy atom. The summed E-state index contributed by atoms with van der Waals surface area (Å²) in [6.45, 7) is 16.4. The van der Waals surface area contributed by atoms with E-state index in [1.807, 2.05) is 13.8 Å². The number of fused-ring (bicyclic) bond motifs is 1. The van der Waals surface area contributed by atoms with E-state index in [1.165, 1.54) is 11.2 Å². The Labute approximate surface area is 316 Å². The molecular formula is C38H53FN8O7. The van der Waals surface area contributed by atoms with Gasteiger partial charge in [0.1, 0.15) is 6.33 Å². The van der Waals surface area contributed by atoms with Crippen molar-refractivity contribution in [2.24, 2.45) is 11.3 Å². The van der Waals surface area contributed by atoms with Gasteiger partial charge < -0.3 is 34.2 Å². The van der Waals surface area contributed by atoms with Crippen molar-refractivity contribution in [3.8, 4) is 23.1 Å². The van der Waals surface area contributed by atoms with Gasteiger partial charge in [0, 0.05) is 81.9 Å². The number of nitrogens with one attached hydrogen (secondary N) is 1. The number of aromatic nitrogens is 3. The molecule has 0 bridgehead atoms. The molecular weight excluding hydrogens is 699 g/mol. The minimum Gasteiger partial charge on any atom is -0.430 e. The second kappa shape index (κ2) is 17.2. The number of halogens is 1. The standard InChI is InChI=1S/C38H53FN8O7/c1-9-47(24(4)5)37(51)26-18-27(39)33-34(53-31(50)13-12-30(49)52-33)32(26)54-36-35(41-22-42-43-36)45-16-14-38(19-45)20-46(21-38)28(23(2)3)11-10-15-44(8)25(6)17-29(48)40-7/h12-13,18,22-25,28H,9-11,14-17,19-21H2,1-8H3,(H,40,48)/b13-12+/t25-,28-/m1/s1. The molecule has 0 saturated carbocycles. The van der Waals surface area contributed by atoms with E-state index < -0.39 is 35.2 Å². The molecule has 2 atom stereocenters. The van der Waals surface area contributed by atoms with Crippen LogP contribution in [0.25, 0.3) is 0 Å². The minimum atomic E-state index is -1.09. The molecule has 1 aromatic carbocycles. The number of carbonyl (C=O) groups is 4. The molecule has 54 heavy (non-hydrogen) atoms. The molecule has 0 aliphatic carbocycles. The van der Waals surface area contributed by atoms with Crippen LogP contribution in [0.15, 0.2) is 24.5 Å². The van der Waals surface area contributed by atoms with Crippen LogP contribution in [0.2, 0.25) is 0 Å². The highest BCUT2D eigenvalue weighted by atomic mass is 19.1. The van der Waals surface area contributed by atoms with Gasteiger partial charge in [0.25, 0.3) is 11.8 Å². The summed E-state index contributed by atoms with van der Waals surface area (Å²) < 4.78 is 32.5. The van der Waals surface area contributed by atoms with Gasteiger partial charge in [0.2, 0.25) is 17.4 Å². The summed E-state index contributed by atoms with van der Waals surface area (Å²) >= 11 is 0. The predicted molar refractivity (Wildman–Crippen MR) is 198 cm³/mol. The maximum atomic E-state index is 15.6. The zero-order valence-electron chi connectivity index (χ0n) is 32.6. The van der Waals surface area contributed by atoms with Crippen LogP contribution < -0.4 is 24.4 Å². The van der Waals surface area contributed by atoms with Gasteiger partial charge >= 0.3 is 11.9 Å². The summed E-state index contributed by atoms with van der Waals surface area (Å²) in [5.74, 6) is -4.53. The van der Waals surface area contributed by atoms with Gasteiger partial charge in [0.05, 0.1) is 5.56 Å². The van der Waals surface area contributed by atoms with Crippen molar-refractivity contribution in [2.45, 2.75) is 85.4 Å². The molecule has 0 radical (unpaired) electrons. The second-order valence-electron chi connectivity index (χ2n) is 15.2. The highest BCUT2D eigenvalue weighted by Gasteiger charge is 2.50. The summed E-state index contributed by atoms with van der Waals surface area (Å²) in [4.78, 5) is 63.6. The number of amides is 2. The van der Waals surface area contributed by atoms with Crippen LogP contribution in [0.3, 0.4) is 0 Å².